The molecule has 2 aromatic carbocycles. The van der Waals surface area contributed by atoms with Gasteiger partial charge in [-0.25, -0.2) is 4.98 Å². The van der Waals surface area contributed by atoms with Gasteiger partial charge in [0.15, 0.2) is 0 Å². The molecule has 1 amide bonds. The number of pyridine rings is 1. The summed E-state index contributed by atoms with van der Waals surface area (Å²) in [6, 6.07) is 18.4. The number of nitrogens with zero attached hydrogens (tertiary/aromatic N) is 2. The topological polar surface area (TPSA) is 85.1 Å². The summed E-state index contributed by atoms with van der Waals surface area (Å²) in [7, 11) is 0. The molecule has 0 aliphatic rings. The van der Waals surface area contributed by atoms with E-state index in [4.69, 9.17) is 11.6 Å². The first-order valence-electron chi connectivity index (χ1n) is 8.22. The van der Waals surface area contributed by atoms with E-state index in [1.165, 1.54) is 35.6 Å². The van der Waals surface area contributed by atoms with Gasteiger partial charge in [-0.2, -0.15) is 0 Å². The summed E-state index contributed by atoms with van der Waals surface area (Å²) < 4.78 is 0.641. The number of carbonyl (C=O) groups excluding carboxylic acids is 1. The first-order chi connectivity index (χ1) is 13.5. The highest BCUT2D eigenvalue weighted by molar-refractivity contribution is 7.19. The van der Waals surface area contributed by atoms with Crippen molar-refractivity contribution >= 4 is 51.1 Å². The van der Waals surface area contributed by atoms with Crippen molar-refractivity contribution < 1.29 is 9.72 Å². The maximum atomic E-state index is 12.9. The minimum atomic E-state index is -0.486. The molecule has 0 saturated carbocycles. The highest BCUT2D eigenvalue weighted by Gasteiger charge is 2.15. The van der Waals surface area contributed by atoms with Gasteiger partial charge in [-0.05, 0) is 36.4 Å². The van der Waals surface area contributed by atoms with Gasteiger partial charge in [-0.15, -0.1) is 11.3 Å². The number of hydrogen-bond acceptors (Lipinski definition) is 5. The van der Waals surface area contributed by atoms with Crippen LogP contribution in [0, 0.1) is 10.1 Å². The predicted octanol–water partition coefficient (Wildman–Crippen LogP) is 5.78. The Kier molecular flexibility index (Phi) is 4.77. The first-order valence-corrected chi connectivity index (χ1v) is 9.42. The number of rotatable bonds is 4. The summed E-state index contributed by atoms with van der Waals surface area (Å²) in [5, 5.41) is 14.3. The number of halogens is 1. The Bertz CT molecular complexity index is 1210. The second-order valence-electron chi connectivity index (χ2n) is 5.93. The highest BCUT2D eigenvalue weighted by atomic mass is 35.5. The number of carbonyl (C=O) groups is 1. The van der Waals surface area contributed by atoms with Gasteiger partial charge in [0.25, 0.3) is 11.6 Å². The fourth-order valence-electron chi connectivity index (χ4n) is 2.81. The Morgan fingerprint density at radius 2 is 1.82 bits per heavy atom. The first kappa shape index (κ1) is 18.1. The molecular weight excluding hydrogens is 398 g/mol. The van der Waals surface area contributed by atoms with E-state index in [0.29, 0.717) is 32.2 Å². The van der Waals surface area contributed by atoms with E-state index >= 15 is 0 Å². The number of nitrogens with one attached hydrogen (secondary N) is 1. The average Bonchev–Trinajstić information content (AvgIpc) is 3.14. The summed E-state index contributed by atoms with van der Waals surface area (Å²) in [5.74, 6) is -0.323. The van der Waals surface area contributed by atoms with Crippen LogP contribution in [0.2, 0.25) is 4.34 Å². The number of non-ortho nitro benzene ring substituents is 1. The van der Waals surface area contributed by atoms with E-state index in [0.717, 1.165) is 4.88 Å². The number of para-hydroxylation sites is 1. The number of amides is 1. The van der Waals surface area contributed by atoms with Crippen molar-refractivity contribution in [2.24, 2.45) is 0 Å². The molecule has 2 heterocycles. The van der Waals surface area contributed by atoms with E-state index in [2.05, 4.69) is 10.3 Å². The monoisotopic (exact) mass is 409 g/mol. The number of nitro groups is 1. The molecular formula is C20H12ClN3O3S. The number of hydrogen-bond donors (Lipinski definition) is 1. The molecule has 0 saturated heterocycles. The summed E-state index contributed by atoms with van der Waals surface area (Å²) >= 11 is 7.42. The van der Waals surface area contributed by atoms with Crippen LogP contribution in [0.1, 0.15) is 10.4 Å². The lowest BCUT2D eigenvalue weighted by Crippen LogP contribution is -2.13. The van der Waals surface area contributed by atoms with Crippen LogP contribution in [0.25, 0.3) is 21.5 Å². The number of aromatic nitrogens is 1. The second kappa shape index (κ2) is 7.38. The number of thiophene rings is 1. The molecule has 138 valence electrons. The Hall–Kier alpha value is -3.29. The van der Waals surface area contributed by atoms with Crippen LogP contribution in [-0.4, -0.2) is 15.8 Å². The Morgan fingerprint density at radius 1 is 1.07 bits per heavy atom. The summed E-state index contributed by atoms with van der Waals surface area (Å²) in [6.07, 6.45) is 0. The fourth-order valence-corrected chi connectivity index (χ4v) is 3.81. The molecule has 1 N–H and O–H groups in total. The van der Waals surface area contributed by atoms with Gasteiger partial charge in [-0.1, -0.05) is 29.8 Å². The Balaban J connectivity index is 1.73. The molecule has 0 unspecified atom stereocenters. The third-order valence-electron chi connectivity index (χ3n) is 4.12. The van der Waals surface area contributed by atoms with Crippen LogP contribution in [0.4, 0.5) is 11.4 Å². The van der Waals surface area contributed by atoms with Gasteiger partial charge < -0.3 is 5.32 Å². The minimum absolute atomic E-state index is 0.0378. The smallest absolute Gasteiger partial charge is 0.269 e. The lowest BCUT2D eigenvalue weighted by Gasteiger charge is -2.10. The zero-order valence-electron chi connectivity index (χ0n) is 14.3. The SMILES string of the molecule is O=C(Nc1ccc([N+](=O)[O-])cc1)c1cc(-c2ccc(Cl)s2)nc2ccccc12. The van der Waals surface area contributed by atoms with Crippen LogP contribution in [0.3, 0.4) is 0 Å². The van der Waals surface area contributed by atoms with Crippen LogP contribution >= 0.6 is 22.9 Å². The summed E-state index contributed by atoms with van der Waals surface area (Å²) in [5.41, 5.74) is 2.24. The van der Waals surface area contributed by atoms with E-state index in [9.17, 15) is 14.9 Å². The van der Waals surface area contributed by atoms with Gasteiger partial charge in [0.1, 0.15) is 0 Å². The zero-order valence-corrected chi connectivity index (χ0v) is 15.8. The van der Waals surface area contributed by atoms with Crippen molar-refractivity contribution in [2.45, 2.75) is 0 Å². The van der Waals surface area contributed by atoms with Gasteiger partial charge in [0.2, 0.25) is 0 Å². The van der Waals surface area contributed by atoms with Crippen LogP contribution in [0.15, 0.2) is 66.7 Å². The fraction of sp³-hybridized carbons (Fsp3) is 0. The van der Waals surface area contributed by atoms with Gasteiger partial charge in [-0.3, -0.25) is 14.9 Å². The third kappa shape index (κ3) is 3.58. The minimum Gasteiger partial charge on any atom is -0.322 e. The normalized spacial score (nSPS) is 10.8. The molecule has 28 heavy (non-hydrogen) atoms. The predicted molar refractivity (Wildman–Crippen MR) is 111 cm³/mol. The zero-order chi connectivity index (χ0) is 19.7. The van der Waals surface area contributed by atoms with Crippen LogP contribution in [-0.2, 0) is 0 Å². The molecule has 2 aromatic heterocycles. The van der Waals surface area contributed by atoms with Gasteiger partial charge in [0.05, 0.1) is 30.9 Å². The maximum absolute atomic E-state index is 12.9. The summed E-state index contributed by atoms with van der Waals surface area (Å²) in [6.45, 7) is 0. The standard InChI is InChI=1S/C20H12ClN3O3S/c21-19-10-9-18(28-19)17-11-15(14-3-1-2-4-16(14)23-17)20(25)22-12-5-7-13(8-6-12)24(26)27/h1-11H,(H,22,25). The largest absolute Gasteiger partial charge is 0.322 e. The van der Waals surface area contributed by atoms with E-state index in [1.807, 2.05) is 30.3 Å². The lowest BCUT2D eigenvalue weighted by atomic mass is 10.1. The number of nitro benzene ring substituents is 1. The van der Waals surface area contributed by atoms with Crippen molar-refractivity contribution in [1.29, 1.82) is 0 Å². The molecule has 0 fully saturated rings. The molecule has 4 aromatic rings. The summed E-state index contributed by atoms with van der Waals surface area (Å²) in [4.78, 5) is 28.7. The Labute approximate surface area is 168 Å². The second-order valence-corrected chi connectivity index (χ2v) is 7.65. The van der Waals surface area contributed by atoms with Gasteiger partial charge in [0, 0.05) is 23.2 Å². The average molecular weight is 410 g/mol. The van der Waals surface area contributed by atoms with E-state index in [-0.39, 0.29) is 11.6 Å². The molecule has 0 atom stereocenters. The highest BCUT2D eigenvalue weighted by Crippen LogP contribution is 2.32. The van der Waals surface area contributed by atoms with E-state index < -0.39 is 4.92 Å². The molecule has 0 aliphatic carbocycles. The maximum Gasteiger partial charge on any atom is 0.269 e. The molecule has 6 nitrogen and oxygen atoms in total. The lowest BCUT2D eigenvalue weighted by molar-refractivity contribution is -0.384. The quantitative estimate of drug-likeness (QED) is 0.342. The number of fused-ring (bicyclic) bond motifs is 1. The van der Waals surface area contributed by atoms with Crippen LogP contribution in [0.5, 0.6) is 0 Å². The van der Waals surface area contributed by atoms with E-state index in [1.54, 1.807) is 12.1 Å². The molecule has 0 spiro atoms. The molecule has 0 radical (unpaired) electrons. The van der Waals surface area contributed by atoms with Crippen molar-refractivity contribution in [3.8, 4) is 10.6 Å². The van der Waals surface area contributed by atoms with Crippen LogP contribution < -0.4 is 5.32 Å². The third-order valence-corrected chi connectivity index (χ3v) is 5.38. The molecule has 8 heteroatoms. The van der Waals surface area contributed by atoms with Crippen molar-refractivity contribution in [2.75, 3.05) is 5.32 Å². The molecule has 4 rings (SSSR count). The molecule has 0 bridgehead atoms. The number of anilines is 1. The van der Waals surface area contributed by atoms with Crippen molar-refractivity contribution in [3.63, 3.8) is 0 Å². The van der Waals surface area contributed by atoms with Crippen molar-refractivity contribution in [1.82, 2.24) is 4.98 Å². The van der Waals surface area contributed by atoms with Gasteiger partial charge >= 0.3 is 0 Å². The number of benzene rings is 2. The van der Waals surface area contributed by atoms with Crippen molar-refractivity contribution in [3.05, 3.63) is 86.7 Å². The molecule has 0 aliphatic heterocycles. The Morgan fingerprint density at radius 3 is 2.50 bits per heavy atom.